The van der Waals surface area contributed by atoms with Crippen molar-refractivity contribution in [2.45, 2.75) is 67.7 Å². The van der Waals surface area contributed by atoms with Gasteiger partial charge in [0.25, 0.3) is 0 Å². The van der Waals surface area contributed by atoms with Crippen LogP contribution < -0.4 is 0 Å². The fourth-order valence-corrected chi connectivity index (χ4v) is 6.43. The molecule has 0 aromatic heterocycles. The first-order valence-corrected chi connectivity index (χ1v) is 13.9. The molecule has 1 unspecified atom stereocenters. The Hall–Kier alpha value is -3.64. The van der Waals surface area contributed by atoms with Gasteiger partial charge in [-0.2, -0.15) is 0 Å². The second-order valence-electron chi connectivity index (χ2n) is 11.6. The summed E-state index contributed by atoms with van der Waals surface area (Å²) in [5, 5.41) is 0. The zero-order valence-corrected chi connectivity index (χ0v) is 24.3. The predicted octanol–water partition coefficient (Wildman–Crippen LogP) is 10.3. The van der Waals surface area contributed by atoms with Gasteiger partial charge in [-0.05, 0) is 129 Å². The van der Waals surface area contributed by atoms with Crippen molar-refractivity contribution >= 4 is 16.7 Å². The standard InChI is InChI=1S/C38H40/c1-23-9-13-31(27(5)17-23)35-21-37(33-15-11-25(3)19-29(33)7)38(34-16-12-26(4)20-30(34)8)22-36(35)32-14-10-24(2)18-28(32)6/h9-21,36H,22H2,1-8H3. The summed E-state index contributed by atoms with van der Waals surface area (Å²) in [7, 11) is 0. The van der Waals surface area contributed by atoms with E-state index in [0.29, 0.717) is 5.92 Å². The van der Waals surface area contributed by atoms with Crippen molar-refractivity contribution in [2.24, 2.45) is 0 Å². The molecule has 0 fully saturated rings. The molecule has 0 heteroatoms. The van der Waals surface area contributed by atoms with E-state index >= 15 is 0 Å². The number of rotatable bonds is 4. The minimum Gasteiger partial charge on any atom is -0.0590 e. The summed E-state index contributed by atoms with van der Waals surface area (Å²) >= 11 is 0. The highest BCUT2D eigenvalue weighted by molar-refractivity contribution is 6.04. The average molecular weight is 497 g/mol. The zero-order chi connectivity index (χ0) is 27.1. The molecule has 0 bridgehead atoms. The molecule has 192 valence electrons. The van der Waals surface area contributed by atoms with Crippen molar-refractivity contribution in [2.75, 3.05) is 0 Å². The molecule has 0 saturated heterocycles. The quantitative estimate of drug-likeness (QED) is 0.263. The largest absolute Gasteiger partial charge is 0.0590 e. The first kappa shape index (κ1) is 26.0. The van der Waals surface area contributed by atoms with Gasteiger partial charge in [0.1, 0.15) is 0 Å². The van der Waals surface area contributed by atoms with Gasteiger partial charge in [-0.3, -0.25) is 0 Å². The number of aryl methyl sites for hydroxylation is 8. The molecule has 0 aliphatic heterocycles. The Morgan fingerprint density at radius 1 is 0.474 bits per heavy atom. The zero-order valence-electron chi connectivity index (χ0n) is 24.3. The topological polar surface area (TPSA) is 0 Å². The Morgan fingerprint density at radius 3 is 1.42 bits per heavy atom. The maximum absolute atomic E-state index is 2.53. The van der Waals surface area contributed by atoms with Gasteiger partial charge in [0.2, 0.25) is 0 Å². The van der Waals surface area contributed by atoms with Crippen LogP contribution >= 0.6 is 0 Å². The maximum atomic E-state index is 2.53. The van der Waals surface area contributed by atoms with Crippen LogP contribution in [0.15, 0.2) is 78.9 Å². The SMILES string of the molecule is Cc1ccc(C2=CC(c3ccc(C)cc3C)=C(c3ccc(C)cc3C)CC2c2ccc(C)cc2C)c(C)c1. The molecule has 0 spiro atoms. The van der Waals surface area contributed by atoms with Crippen LogP contribution in [0.25, 0.3) is 16.7 Å². The minimum atomic E-state index is 0.294. The van der Waals surface area contributed by atoms with Crippen LogP contribution in [0.2, 0.25) is 0 Å². The van der Waals surface area contributed by atoms with Crippen molar-refractivity contribution < 1.29 is 0 Å². The molecular weight excluding hydrogens is 456 g/mol. The molecule has 4 aromatic rings. The highest BCUT2D eigenvalue weighted by Gasteiger charge is 2.30. The van der Waals surface area contributed by atoms with Crippen LogP contribution in [0.5, 0.6) is 0 Å². The summed E-state index contributed by atoms with van der Waals surface area (Å²) in [6.45, 7) is 17.8. The van der Waals surface area contributed by atoms with Gasteiger partial charge < -0.3 is 0 Å². The summed E-state index contributed by atoms with van der Waals surface area (Å²) in [5.41, 5.74) is 20.4. The minimum absolute atomic E-state index is 0.294. The molecule has 0 amide bonds. The normalized spacial score (nSPS) is 15.6. The number of benzene rings is 4. The van der Waals surface area contributed by atoms with Crippen molar-refractivity contribution in [3.63, 3.8) is 0 Å². The summed E-state index contributed by atoms with van der Waals surface area (Å²) in [5.74, 6) is 0.294. The van der Waals surface area contributed by atoms with Crippen LogP contribution in [0.1, 0.15) is 79.1 Å². The third-order valence-corrected chi connectivity index (χ3v) is 8.28. The Morgan fingerprint density at radius 2 is 0.921 bits per heavy atom. The van der Waals surface area contributed by atoms with Crippen molar-refractivity contribution in [1.29, 1.82) is 0 Å². The van der Waals surface area contributed by atoms with E-state index in [-0.39, 0.29) is 0 Å². The van der Waals surface area contributed by atoms with Crippen molar-refractivity contribution in [3.8, 4) is 0 Å². The maximum Gasteiger partial charge on any atom is 0.0139 e. The third-order valence-electron chi connectivity index (χ3n) is 8.28. The lowest BCUT2D eigenvalue weighted by atomic mass is 9.71. The van der Waals surface area contributed by atoms with Gasteiger partial charge in [0.05, 0.1) is 0 Å². The molecule has 1 aliphatic rings. The number of allylic oxidation sites excluding steroid dienone is 4. The molecule has 1 atom stereocenters. The van der Waals surface area contributed by atoms with E-state index in [1.54, 1.807) is 0 Å². The van der Waals surface area contributed by atoms with Gasteiger partial charge in [0, 0.05) is 5.92 Å². The van der Waals surface area contributed by atoms with Crippen LogP contribution in [0.3, 0.4) is 0 Å². The fourth-order valence-electron chi connectivity index (χ4n) is 6.43. The summed E-state index contributed by atoms with van der Waals surface area (Å²) in [6.07, 6.45) is 3.51. The third kappa shape index (κ3) is 4.93. The van der Waals surface area contributed by atoms with E-state index < -0.39 is 0 Å². The number of hydrogen-bond donors (Lipinski definition) is 0. The lowest BCUT2D eigenvalue weighted by Crippen LogP contribution is -2.13. The molecule has 4 aromatic carbocycles. The average Bonchev–Trinajstić information content (AvgIpc) is 2.84. The summed E-state index contributed by atoms with van der Waals surface area (Å²) < 4.78 is 0. The van der Waals surface area contributed by atoms with Gasteiger partial charge in [-0.1, -0.05) is 95.1 Å². The highest BCUT2D eigenvalue weighted by Crippen LogP contribution is 2.50. The molecule has 0 N–H and O–H groups in total. The highest BCUT2D eigenvalue weighted by atomic mass is 14.3. The van der Waals surface area contributed by atoms with E-state index in [9.17, 15) is 0 Å². The molecule has 0 heterocycles. The van der Waals surface area contributed by atoms with E-state index in [4.69, 9.17) is 0 Å². The summed E-state index contributed by atoms with van der Waals surface area (Å²) in [6, 6.07) is 27.8. The van der Waals surface area contributed by atoms with Gasteiger partial charge in [0.15, 0.2) is 0 Å². The van der Waals surface area contributed by atoms with Crippen LogP contribution in [0.4, 0.5) is 0 Å². The van der Waals surface area contributed by atoms with Gasteiger partial charge >= 0.3 is 0 Å². The Balaban J connectivity index is 1.84. The predicted molar refractivity (Wildman–Crippen MR) is 166 cm³/mol. The fraction of sp³-hybridized carbons (Fsp3) is 0.263. The Kier molecular flexibility index (Phi) is 7.01. The molecule has 0 saturated carbocycles. The molecule has 38 heavy (non-hydrogen) atoms. The van der Waals surface area contributed by atoms with E-state index in [1.165, 1.54) is 83.5 Å². The van der Waals surface area contributed by atoms with Crippen LogP contribution in [-0.4, -0.2) is 0 Å². The van der Waals surface area contributed by atoms with E-state index in [2.05, 4.69) is 134 Å². The van der Waals surface area contributed by atoms with Crippen molar-refractivity contribution in [1.82, 2.24) is 0 Å². The van der Waals surface area contributed by atoms with E-state index in [1.807, 2.05) is 0 Å². The lowest BCUT2D eigenvalue weighted by molar-refractivity contribution is 0.876. The first-order chi connectivity index (χ1) is 18.1. The molecule has 1 aliphatic carbocycles. The number of hydrogen-bond acceptors (Lipinski definition) is 0. The Labute approximate surface area is 229 Å². The molecule has 5 rings (SSSR count). The summed E-state index contributed by atoms with van der Waals surface area (Å²) in [4.78, 5) is 0. The van der Waals surface area contributed by atoms with E-state index in [0.717, 1.165) is 6.42 Å². The second kappa shape index (κ2) is 10.3. The second-order valence-corrected chi connectivity index (χ2v) is 11.6. The van der Waals surface area contributed by atoms with Gasteiger partial charge in [-0.25, -0.2) is 0 Å². The monoisotopic (exact) mass is 496 g/mol. The van der Waals surface area contributed by atoms with Gasteiger partial charge in [-0.15, -0.1) is 0 Å². The first-order valence-electron chi connectivity index (χ1n) is 13.9. The molecule has 0 nitrogen and oxygen atoms in total. The lowest BCUT2D eigenvalue weighted by Gasteiger charge is -2.32. The molecular formula is C38H40. The smallest absolute Gasteiger partial charge is 0.0139 e. The Bertz CT molecular complexity index is 1610. The van der Waals surface area contributed by atoms with Crippen LogP contribution in [0, 0.1) is 55.4 Å². The van der Waals surface area contributed by atoms with Crippen molar-refractivity contribution in [3.05, 3.63) is 146 Å². The molecule has 0 radical (unpaired) electrons. The van der Waals surface area contributed by atoms with Crippen LogP contribution in [-0.2, 0) is 0 Å².